The van der Waals surface area contributed by atoms with E-state index >= 15 is 0 Å². The maximum Gasteiger partial charge on any atom is 0.226 e. The van der Waals surface area contributed by atoms with Crippen molar-refractivity contribution in [3.63, 3.8) is 0 Å². The summed E-state index contributed by atoms with van der Waals surface area (Å²) in [6, 6.07) is 0. The van der Waals surface area contributed by atoms with E-state index in [-0.39, 0.29) is 0 Å². The number of hydrogen-bond donors (Lipinski definition) is 0. The van der Waals surface area contributed by atoms with E-state index in [1.807, 2.05) is 6.20 Å². The molecular formula is C10H14BrN5O. The lowest BCUT2D eigenvalue weighted by atomic mass is 10.1. The fourth-order valence-electron chi connectivity index (χ4n) is 1.41. The topological polar surface area (TPSA) is 69.6 Å². The van der Waals surface area contributed by atoms with Crippen LogP contribution in [0.2, 0.25) is 0 Å². The minimum atomic E-state index is 0.488. The van der Waals surface area contributed by atoms with Crippen LogP contribution in [0.3, 0.4) is 0 Å². The molecule has 0 bridgehead atoms. The number of hydrogen-bond acceptors (Lipinski definition) is 5. The van der Waals surface area contributed by atoms with Gasteiger partial charge in [0.05, 0.1) is 5.69 Å². The first kappa shape index (κ1) is 12.2. The van der Waals surface area contributed by atoms with Crippen molar-refractivity contribution >= 4 is 15.9 Å². The smallest absolute Gasteiger partial charge is 0.226 e. The Morgan fingerprint density at radius 1 is 1.47 bits per heavy atom. The summed E-state index contributed by atoms with van der Waals surface area (Å²) in [6.45, 7) is 4.72. The van der Waals surface area contributed by atoms with Crippen LogP contribution in [0.5, 0.6) is 0 Å². The predicted octanol–water partition coefficient (Wildman–Crippen LogP) is 1.80. The van der Waals surface area contributed by atoms with Crippen LogP contribution in [0.15, 0.2) is 10.7 Å². The first-order valence-electron chi connectivity index (χ1n) is 5.44. The highest BCUT2D eigenvalue weighted by atomic mass is 79.9. The Kier molecular flexibility index (Phi) is 3.88. The van der Waals surface area contributed by atoms with Crippen molar-refractivity contribution in [2.24, 2.45) is 5.92 Å². The van der Waals surface area contributed by atoms with Gasteiger partial charge in [-0.3, -0.25) is 0 Å². The van der Waals surface area contributed by atoms with E-state index in [2.05, 4.69) is 50.2 Å². The van der Waals surface area contributed by atoms with E-state index in [9.17, 15) is 0 Å². The zero-order chi connectivity index (χ0) is 12.3. The average molecular weight is 300 g/mol. The molecule has 0 aliphatic carbocycles. The van der Waals surface area contributed by atoms with Gasteiger partial charge in [-0.1, -0.05) is 40.1 Å². The average Bonchev–Trinajstić information content (AvgIpc) is 2.88. The molecule has 2 rings (SSSR count). The molecule has 0 aliphatic rings. The number of rotatable bonds is 5. The van der Waals surface area contributed by atoms with Crippen LogP contribution in [0.25, 0.3) is 0 Å². The largest absolute Gasteiger partial charge is 0.339 e. The number of aromatic nitrogens is 5. The molecule has 0 unspecified atom stereocenters. The van der Waals surface area contributed by atoms with Crippen molar-refractivity contribution in [3.8, 4) is 0 Å². The molecular weight excluding hydrogens is 286 g/mol. The highest BCUT2D eigenvalue weighted by Crippen LogP contribution is 2.07. The third kappa shape index (κ3) is 3.36. The molecule has 2 heterocycles. The molecule has 0 radical (unpaired) electrons. The van der Waals surface area contributed by atoms with Gasteiger partial charge in [-0.2, -0.15) is 4.98 Å². The maximum atomic E-state index is 5.15. The Hall–Kier alpha value is -1.24. The third-order valence-electron chi connectivity index (χ3n) is 2.12. The molecule has 0 aromatic carbocycles. The molecule has 7 heteroatoms. The van der Waals surface area contributed by atoms with Crippen molar-refractivity contribution in [2.45, 2.75) is 32.1 Å². The molecule has 2 aromatic heterocycles. The summed E-state index contributed by atoms with van der Waals surface area (Å²) in [5.41, 5.74) is 0.885. The van der Waals surface area contributed by atoms with Crippen LogP contribution in [0.1, 0.15) is 31.3 Å². The molecule has 0 spiro atoms. The van der Waals surface area contributed by atoms with E-state index in [0.717, 1.165) is 12.1 Å². The van der Waals surface area contributed by atoms with Gasteiger partial charge in [0.15, 0.2) is 5.82 Å². The van der Waals surface area contributed by atoms with Crippen molar-refractivity contribution in [2.75, 3.05) is 0 Å². The van der Waals surface area contributed by atoms with E-state index in [1.54, 1.807) is 4.68 Å². The number of nitrogens with zero attached hydrogens (tertiary/aromatic N) is 5. The summed E-state index contributed by atoms with van der Waals surface area (Å²) in [7, 11) is 0. The zero-order valence-electron chi connectivity index (χ0n) is 9.80. The Morgan fingerprint density at radius 2 is 2.29 bits per heavy atom. The second kappa shape index (κ2) is 5.39. The second-order valence-corrected chi connectivity index (χ2v) is 4.80. The molecule has 0 saturated heterocycles. The minimum absolute atomic E-state index is 0.488. The van der Waals surface area contributed by atoms with Crippen molar-refractivity contribution in [1.29, 1.82) is 0 Å². The molecule has 92 valence electrons. The Balaban J connectivity index is 2.01. The van der Waals surface area contributed by atoms with Gasteiger partial charge in [0.1, 0.15) is 6.54 Å². The SMILES string of the molecule is CC(C)Cc1nc(Cn2cc(CBr)nn2)no1. The van der Waals surface area contributed by atoms with Crippen LogP contribution in [-0.2, 0) is 18.3 Å². The monoisotopic (exact) mass is 299 g/mol. The molecule has 0 N–H and O–H groups in total. The van der Waals surface area contributed by atoms with Gasteiger partial charge in [0.2, 0.25) is 5.89 Å². The molecule has 0 aliphatic heterocycles. The van der Waals surface area contributed by atoms with Gasteiger partial charge >= 0.3 is 0 Å². The van der Waals surface area contributed by atoms with Crippen molar-refractivity contribution in [3.05, 3.63) is 23.6 Å². The predicted molar refractivity (Wildman–Crippen MR) is 64.6 cm³/mol. The third-order valence-corrected chi connectivity index (χ3v) is 2.69. The standard InChI is InChI=1S/C10H14BrN5O/c1-7(2)3-10-12-9(14-17-10)6-16-5-8(4-11)13-15-16/h5,7H,3-4,6H2,1-2H3. The first-order valence-corrected chi connectivity index (χ1v) is 6.56. The summed E-state index contributed by atoms with van der Waals surface area (Å²) in [5.74, 6) is 1.82. The molecule has 0 saturated carbocycles. The lowest BCUT2D eigenvalue weighted by Gasteiger charge is -1.96. The molecule has 0 amide bonds. The maximum absolute atomic E-state index is 5.15. The van der Waals surface area contributed by atoms with Crippen LogP contribution in [0.4, 0.5) is 0 Å². The van der Waals surface area contributed by atoms with Gasteiger partial charge in [0, 0.05) is 17.9 Å². The Labute approximate surface area is 108 Å². The molecule has 17 heavy (non-hydrogen) atoms. The van der Waals surface area contributed by atoms with Gasteiger partial charge in [-0.05, 0) is 5.92 Å². The minimum Gasteiger partial charge on any atom is -0.339 e. The Bertz CT molecular complexity index is 479. The van der Waals surface area contributed by atoms with E-state index in [4.69, 9.17) is 4.52 Å². The van der Waals surface area contributed by atoms with Crippen LogP contribution < -0.4 is 0 Å². The molecule has 0 fully saturated rings. The number of alkyl halides is 1. The quantitative estimate of drug-likeness (QED) is 0.788. The summed E-state index contributed by atoms with van der Waals surface area (Å²) in [5, 5.41) is 12.5. The van der Waals surface area contributed by atoms with E-state index in [1.165, 1.54) is 0 Å². The Morgan fingerprint density at radius 3 is 2.94 bits per heavy atom. The van der Waals surface area contributed by atoms with Crippen LogP contribution >= 0.6 is 15.9 Å². The van der Waals surface area contributed by atoms with Gasteiger partial charge in [-0.25, -0.2) is 4.68 Å². The second-order valence-electron chi connectivity index (χ2n) is 4.24. The lowest BCUT2D eigenvalue weighted by Crippen LogP contribution is -2.02. The first-order chi connectivity index (χ1) is 8.17. The fraction of sp³-hybridized carbons (Fsp3) is 0.600. The summed E-state index contributed by atoms with van der Waals surface area (Å²) in [4.78, 5) is 4.30. The van der Waals surface area contributed by atoms with Crippen LogP contribution in [-0.4, -0.2) is 25.1 Å². The zero-order valence-corrected chi connectivity index (χ0v) is 11.4. The summed E-state index contributed by atoms with van der Waals surface area (Å²) >= 11 is 3.32. The molecule has 6 nitrogen and oxygen atoms in total. The van der Waals surface area contributed by atoms with Gasteiger partial charge in [0.25, 0.3) is 0 Å². The van der Waals surface area contributed by atoms with Crippen LogP contribution in [0, 0.1) is 5.92 Å². The highest BCUT2D eigenvalue weighted by molar-refractivity contribution is 9.08. The van der Waals surface area contributed by atoms with E-state index < -0.39 is 0 Å². The molecule has 0 atom stereocenters. The van der Waals surface area contributed by atoms with Crippen molar-refractivity contribution < 1.29 is 4.52 Å². The van der Waals surface area contributed by atoms with Crippen molar-refractivity contribution in [1.82, 2.24) is 25.1 Å². The normalized spacial score (nSPS) is 11.3. The lowest BCUT2D eigenvalue weighted by molar-refractivity contribution is 0.357. The van der Waals surface area contributed by atoms with Gasteiger partial charge < -0.3 is 4.52 Å². The van der Waals surface area contributed by atoms with Gasteiger partial charge in [-0.15, -0.1) is 5.10 Å². The van der Waals surface area contributed by atoms with E-state index in [0.29, 0.717) is 29.5 Å². The summed E-state index contributed by atoms with van der Waals surface area (Å²) in [6.07, 6.45) is 2.66. The number of halogens is 1. The molecule has 2 aromatic rings. The highest BCUT2D eigenvalue weighted by Gasteiger charge is 2.09. The fourth-order valence-corrected chi connectivity index (χ4v) is 1.67. The summed E-state index contributed by atoms with van der Waals surface area (Å²) < 4.78 is 6.84.